The number of hydrogen-bond acceptors (Lipinski definition) is 2. The molecule has 1 aromatic rings. The highest BCUT2D eigenvalue weighted by Gasteiger charge is 2.34. The molecule has 3 nitrogen and oxygen atoms in total. The largest absolute Gasteiger partial charge is 0.347 e. The number of carbonyl (C=O) groups is 2. The summed E-state index contributed by atoms with van der Waals surface area (Å²) in [6.07, 6.45) is 2.01. The van der Waals surface area contributed by atoms with E-state index < -0.39 is 9.58 Å². The lowest BCUT2D eigenvalue weighted by molar-refractivity contribution is 0.0927. The van der Waals surface area contributed by atoms with Crippen molar-refractivity contribution in [2.24, 2.45) is 18.4 Å². The third-order valence-electron chi connectivity index (χ3n) is 3.79. The summed E-state index contributed by atoms with van der Waals surface area (Å²) in [4.78, 5) is 24.3. The number of aryl methyl sites for hydroxylation is 1. The van der Waals surface area contributed by atoms with E-state index in [1.807, 2.05) is 6.92 Å². The molecule has 0 spiro atoms. The Hall–Kier alpha value is -0.510. The van der Waals surface area contributed by atoms with E-state index in [1.165, 1.54) is 10.6 Å². The summed E-state index contributed by atoms with van der Waals surface area (Å²) >= 11 is 16.8. The molecule has 0 saturated heterocycles. The highest BCUT2D eigenvalue weighted by atomic mass is 35.6. The number of Topliss-reactive ketones (excluding diaryl/α,β-unsaturated/α-hetero) is 2. The lowest BCUT2D eigenvalue weighted by Crippen LogP contribution is -2.21. The van der Waals surface area contributed by atoms with Crippen LogP contribution in [0.1, 0.15) is 55.0 Å². The van der Waals surface area contributed by atoms with Crippen molar-refractivity contribution in [2.45, 2.75) is 37.9 Å². The highest BCUT2D eigenvalue weighted by molar-refractivity contribution is 6.77. The van der Waals surface area contributed by atoms with Gasteiger partial charge >= 0.3 is 0 Å². The Kier molecular flexibility index (Phi) is 5.57. The summed E-state index contributed by atoms with van der Waals surface area (Å²) in [6.45, 7) is 8.31. The molecule has 0 aliphatic rings. The van der Waals surface area contributed by atoms with Gasteiger partial charge in [0.25, 0.3) is 3.79 Å². The molecule has 0 aromatic carbocycles. The molecule has 1 unspecified atom stereocenters. The van der Waals surface area contributed by atoms with E-state index in [0.717, 1.165) is 0 Å². The summed E-state index contributed by atoms with van der Waals surface area (Å²) < 4.78 is -0.510. The van der Waals surface area contributed by atoms with Crippen LogP contribution in [-0.2, 0) is 7.05 Å². The maximum absolute atomic E-state index is 12.3. The molecule has 118 valence electrons. The normalized spacial score (nSPS) is 14.1. The van der Waals surface area contributed by atoms with Crippen LogP contribution < -0.4 is 0 Å². The minimum absolute atomic E-state index is 0.0172. The molecule has 21 heavy (non-hydrogen) atoms. The van der Waals surface area contributed by atoms with Crippen LogP contribution in [0.2, 0.25) is 0 Å². The molecule has 0 saturated carbocycles. The molecule has 0 bridgehead atoms. The monoisotopic (exact) mass is 351 g/mol. The number of nitrogens with zero attached hydrogens (tertiary/aromatic N) is 1. The Morgan fingerprint density at radius 3 is 2.19 bits per heavy atom. The molecule has 1 aromatic heterocycles. The number of ketones is 2. The first-order chi connectivity index (χ1) is 9.34. The minimum atomic E-state index is -2.02. The summed E-state index contributed by atoms with van der Waals surface area (Å²) in [5, 5.41) is 0. The summed E-state index contributed by atoms with van der Waals surface area (Å²) in [5.74, 6) is -0.438. The van der Waals surface area contributed by atoms with Crippen LogP contribution in [-0.4, -0.2) is 19.9 Å². The molecule has 1 atom stereocenters. The zero-order valence-electron chi connectivity index (χ0n) is 12.8. The minimum Gasteiger partial charge on any atom is -0.347 e. The number of hydrogen-bond donors (Lipinski definition) is 0. The van der Waals surface area contributed by atoms with Crippen LogP contribution in [0.4, 0.5) is 0 Å². The van der Waals surface area contributed by atoms with E-state index in [0.29, 0.717) is 12.0 Å². The fraction of sp³-hybridized carbons (Fsp3) is 0.600. The molecule has 0 N–H and O–H groups in total. The Bertz CT molecular complexity index is 550. The fourth-order valence-corrected chi connectivity index (χ4v) is 2.08. The highest BCUT2D eigenvalue weighted by Crippen LogP contribution is 2.32. The number of alkyl halides is 3. The Morgan fingerprint density at radius 2 is 1.76 bits per heavy atom. The first-order valence-electron chi connectivity index (χ1n) is 6.65. The summed E-state index contributed by atoms with van der Waals surface area (Å²) in [6, 6.07) is 1.49. The van der Waals surface area contributed by atoms with Gasteiger partial charge in [-0.15, -0.1) is 0 Å². The van der Waals surface area contributed by atoms with Crippen molar-refractivity contribution in [1.29, 1.82) is 0 Å². The first kappa shape index (κ1) is 18.5. The van der Waals surface area contributed by atoms with E-state index in [9.17, 15) is 9.59 Å². The van der Waals surface area contributed by atoms with Gasteiger partial charge in [-0.2, -0.15) is 0 Å². The van der Waals surface area contributed by atoms with Crippen molar-refractivity contribution < 1.29 is 9.59 Å². The third kappa shape index (κ3) is 4.73. The smallest absolute Gasteiger partial charge is 0.255 e. The van der Waals surface area contributed by atoms with Crippen molar-refractivity contribution in [3.63, 3.8) is 0 Å². The van der Waals surface area contributed by atoms with Crippen LogP contribution in [0.25, 0.3) is 0 Å². The zero-order valence-corrected chi connectivity index (χ0v) is 15.1. The first-order valence-corrected chi connectivity index (χ1v) is 7.78. The predicted molar refractivity (Wildman–Crippen MR) is 87.6 cm³/mol. The number of carbonyl (C=O) groups excluding carboxylic acids is 2. The van der Waals surface area contributed by atoms with Crippen LogP contribution in [0, 0.1) is 11.3 Å². The molecule has 0 radical (unpaired) electrons. The average Bonchev–Trinajstić information content (AvgIpc) is 2.67. The maximum Gasteiger partial charge on any atom is 0.255 e. The maximum atomic E-state index is 12.3. The number of rotatable bonds is 4. The molecule has 6 heteroatoms. The van der Waals surface area contributed by atoms with E-state index in [4.69, 9.17) is 34.8 Å². The average molecular weight is 353 g/mol. The summed E-state index contributed by atoms with van der Waals surface area (Å²) in [5.41, 5.74) is 0.716. The molecule has 1 rings (SSSR count). The van der Waals surface area contributed by atoms with Crippen molar-refractivity contribution in [1.82, 2.24) is 4.57 Å². The predicted octanol–water partition coefficient (Wildman–Crippen LogP) is 4.83. The van der Waals surface area contributed by atoms with Gasteiger partial charge in [0.05, 0.1) is 5.69 Å². The standard InChI is InChI=1S/C15H20Cl3NO2/c1-9(14(2,3)4)6-12(20)10-7-11(19(5)8-10)13(21)15(16,17)18/h7-9H,6H2,1-5H3. The van der Waals surface area contributed by atoms with Gasteiger partial charge < -0.3 is 4.57 Å². The fourth-order valence-electron chi connectivity index (χ4n) is 1.79. The van der Waals surface area contributed by atoms with Crippen LogP contribution in [0.5, 0.6) is 0 Å². The van der Waals surface area contributed by atoms with Gasteiger partial charge in [0.2, 0.25) is 5.78 Å². The van der Waals surface area contributed by atoms with E-state index in [-0.39, 0.29) is 22.8 Å². The van der Waals surface area contributed by atoms with Gasteiger partial charge in [0.1, 0.15) is 0 Å². The quantitative estimate of drug-likeness (QED) is 0.575. The van der Waals surface area contributed by atoms with E-state index >= 15 is 0 Å². The Balaban J connectivity index is 2.97. The molecule has 0 fully saturated rings. The summed E-state index contributed by atoms with van der Waals surface area (Å²) in [7, 11) is 1.65. The molecular weight excluding hydrogens is 333 g/mol. The van der Waals surface area contributed by atoms with Gasteiger partial charge in [0, 0.05) is 25.2 Å². The number of aromatic nitrogens is 1. The van der Waals surface area contributed by atoms with E-state index in [2.05, 4.69) is 20.8 Å². The molecule has 0 aliphatic heterocycles. The van der Waals surface area contributed by atoms with Crippen LogP contribution in [0.3, 0.4) is 0 Å². The molecule has 0 aliphatic carbocycles. The SMILES string of the molecule is CC(CC(=O)c1cc(C(=O)C(Cl)(Cl)Cl)n(C)c1)C(C)(C)C. The van der Waals surface area contributed by atoms with Gasteiger partial charge in [0.15, 0.2) is 5.78 Å². The molecule has 1 heterocycles. The second-order valence-corrected chi connectivity index (χ2v) is 8.73. The number of halogens is 3. The van der Waals surface area contributed by atoms with Crippen molar-refractivity contribution >= 4 is 46.4 Å². The van der Waals surface area contributed by atoms with Gasteiger partial charge in [-0.05, 0) is 17.4 Å². The molecule has 0 amide bonds. The second-order valence-electron chi connectivity index (χ2n) is 6.45. The van der Waals surface area contributed by atoms with Crippen molar-refractivity contribution in [3.8, 4) is 0 Å². The Labute approximate surface area is 140 Å². The second kappa shape index (κ2) is 6.31. The van der Waals surface area contributed by atoms with Crippen LogP contribution >= 0.6 is 34.8 Å². The lowest BCUT2D eigenvalue weighted by Gasteiger charge is -2.26. The van der Waals surface area contributed by atoms with E-state index in [1.54, 1.807) is 13.2 Å². The van der Waals surface area contributed by atoms with Gasteiger partial charge in [-0.3, -0.25) is 9.59 Å². The van der Waals surface area contributed by atoms with Gasteiger partial charge in [-0.25, -0.2) is 0 Å². The van der Waals surface area contributed by atoms with Crippen molar-refractivity contribution in [3.05, 3.63) is 23.5 Å². The third-order valence-corrected chi connectivity index (χ3v) is 4.30. The Morgan fingerprint density at radius 1 is 1.24 bits per heavy atom. The van der Waals surface area contributed by atoms with Crippen LogP contribution in [0.15, 0.2) is 12.3 Å². The van der Waals surface area contributed by atoms with Gasteiger partial charge in [-0.1, -0.05) is 62.5 Å². The topological polar surface area (TPSA) is 39.1 Å². The van der Waals surface area contributed by atoms with Crippen molar-refractivity contribution in [2.75, 3.05) is 0 Å². The lowest BCUT2D eigenvalue weighted by atomic mass is 9.79. The zero-order chi connectivity index (χ0) is 16.6. The molecular formula is C15H20Cl3NO2.